The largest absolute Gasteiger partial charge is 0.356 e. The van der Waals surface area contributed by atoms with E-state index in [-0.39, 0.29) is 17.2 Å². The molecule has 2 aromatic rings. The van der Waals surface area contributed by atoms with Crippen molar-refractivity contribution in [3.8, 4) is 0 Å². The summed E-state index contributed by atoms with van der Waals surface area (Å²) in [6.07, 6.45) is 9.74. The highest BCUT2D eigenvalue weighted by molar-refractivity contribution is 6.30. The molecule has 1 heterocycles. The summed E-state index contributed by atoms with van der Waals surface area (Å²) in [6.45, 7) is 5.92. The second-order valence-corrected chi connectivity index (χ2v) is 11.4. The first-order valence-corrected chi connectivity index (χ1v) is 14.5. The van der Waals surface area contributed by atoms with Crippen molar-refractivity contribution >= 4 is 29.1 Å². The van der Waals surface area contributed by atoms with Crippen molar-refractivity contribution in [2.45, 2.75) is 82.5 Å². The molecule has 2 N–H and O–H groups in total. The number of rotatable bonds is 11. The summed E-state index contributed by atoms with van der Waals surface area (Å²) in [6, 6.07) is 16.4. The van der Waals surface area contributed by atoms with Gasteiger partial charge in [0.1, 0.15) is 0 Å². The van der Waals surface area contributed by atoms with Gasteiger partial charge in [0.15, 0.2) is 0 Å². The van der Waals surface area contributed by atoms with E-state index in [9.17, 15) is 9.59 Å². The number of piperidine rings is 1. The number of nitrogens with one attached hydrogen (secondary N) is 2. The van der Waals surface area contributed by atoms with Gasteiger partial charge >= 0.3 is 0 Å². The van der Waals surface area contributed by atoms with Gasteiger partial charge in [-0.3, -0.25) is 9.59 Å². The number of carbonyl (C=O) groups excluding carboxylic acids is 2. The van der Waals surface area contributed by atoms with Crippen LogP contribution in [-0.4, -0.2) is 42.9 Å². The summed E-state index contributed by atoms with van der Waals surface area (Å²) in [4.78, 5) is 27.3. The van der Waals surface area contributed by atoms with E-state index in [1.54, 1.807) is 0 Å². The first-order valence-electron chi connectivity index (χ1n) is 14.1. The van der Waals surface area contributed by atoms with Gasteiger partial charge in [0, 0.05) is 35.5 Å². The van der Waals surface area contributed by atoms with Crippen LogP contribution in [0.5, 0.6) is 0 Å². The third-order valence-corrected chi connectivity index (χ3v) is 8.45. The van der Waals surface area contributed by atoms with E-state index >= 15 is 0 Å². The molecule has 37 heavy (non-hydrogen) atoms. The van der Waals surface area contributed by atoms with Crippen LogP contribution >= 0.6 is 11.6 Å². The van der Waals surface area contributed by atoms with E-state index in [0.29, 0.717) is 18.8 Å². The van der Waals surface area contributed by atoms with E-state index in [1.807, 2.05) is 25.1 Å². The van der Waals surface area contributed by atoms with Crippen LogP contribution < -0.4 is 10.6 Å². The number of carbonyl (C=O) groups is 2. The van der Waals surface area contributed by atoms with Gasteiger partial charge in [0.25, 0.3) is 0 Å². The molecule has 2 fully saturated rings. The minimum atomic E-state index is -0.0351. The third-order valence-electron chi connectivity index (χ3n) is 8.20. The lowest BCUT2D eigenvalue weighted by Gasteiger charge is -2.32. The predicted molar refractivity (Wildman–Crippen MR) is 152 cm³/mol. The molecule has 1 aliphatic carbocycles. The Bertz CT molecular complexity index is 1030. The van der Waals surface area contributed by atoms with Crippen LogP contribution in [0, 0.1) is 0 Å². The maximum absolute atomic E-state index is 12.8. The molecule has 2 aliphatic rings. The minimum Gasteiger partial charge on any atom is -0.356 e. The molecule has 0 atom stereocenters. The summed E-state index contributed by atoms with van der Waals surface area (Å²) in [5, 5.41) is 6.96. The van der Waals surface area contributed by atoms with Crippen molar-refractivity contribution < 1.29 is 9.59 Å². The van der Waals surface area contributed by atoms with E-state index in [0.717, 1.165) is 75.4 Å². The lowest BCUT2D eigenvalue weighted by Crippen LogP contribution is -2.37. The molecule has 1 aliphatic heterocycles. The van der Waals surface area contributed by atoms with Gasteiger partial charge < -0.3 is 15.5 Å². The minimum absolute atomic E-state index is 0.0351. The van der Waals surface area contributed by atoms with E-state index in [2.05, 4.69) is 45.9 Å². The molecule has 0 aromatic heterocycles. The Kier molecular flexibility index (Phi) is 10.0. The fourth-order valence-corrected chi connectivity index (χ4v) is 6.26. The number of likely N-dealkylation sites (tertiary alicyclic amines) is 1. The Morgan fingerprint density at radius 3 is 2.46 bits per heavy atom. The molecule has 0 spiro atoms. The van der Waals surface area contributed by atoms with Gasteiger partial charge in [-0.25, -0.2) is 0 Å². The maximum atomic E-state index is 12.8. The van der Waals surface area contributed by atoms with Crippen LogP contribution in [-0.2, 0) is 15.0 Å². The highest BCUT2D eigenvalue weighted by Gasteiger charge is 2.37. The first-order chi connectivity index (χ1) is 18.0. The van der Waals surface area contributed by atoms with E-state index in [1.165, 1.54) is 24.0 Å². The Morgan fingerprint density at radius 1 is 1.03 bits per heavy atom. The first kappa shape index (κ1) is 27.7. The molecule has 6 heteroatoms. The summed E-state index contributed by atoms with van der Waals surface area (Å²) in [5.74, 6) is 0.792. The summed E-state index contributed by atoms with van der Waals surface area (Å²) in [5.41, 5.74) is 3.45. The van der Waals surface area contributed by atoms with Gasteiger partial charge in [-0.2, -0.15) is 0 Å². The number of benzene rings is 2. The highest BCUT2D eigenvalue weighted by Crippen LogP contribution is 2.44. The maximum Gasteiger partial charge on any atom is 0.224 e. The predicted octanol–water partition coefficient (Wildman–Crippen LogP) is 6.67. The molecule has 0 unspecified atom stereocenters. The lowest BCUT2D eigenvalue weighted by atomic mass is 9.76. The third kappa shape index (κ3) is 7.81. The van der Waals surface area contributed by atoms with Gasteiger partial charge in [-0.05, 0) is 99.5 Å². The second kappa shape index (κ2) is 13.4. The Morgan fingerprint density at radius 2 is 1.76 bits per heavy atom. The van der Waals surface area contributed by atoms with Crippen molar-refractivity contribution in [2.24, 2.45) is 0 Å². The smallest absolute Gasteiger partial charge is 0.224 e. The molecular formula is C31H42ClN3O2. The average molecular weight is 524 g/mol. The summed E-state index contributed by atoms with van der Waals surface area (Å²) >= 11 is 6.09. The SMILES string of the molecule is CCCC(=O)Nc1cccc(C2CCN(CCCNC(=O)CC3(c4ccc(Cl)cc4)CCCC3)CC2)c1. The van der Waals surface area contributed by atoms with Gasteiger partial charge in [-0.1, -0.05) is 55.6 Å². The van der Waals surface area contributed by atoms with Gasteiger partial charge in [-0.15, -0.1) is 0 Å². The zero-order chi connectivity index (χ0) is 26.1. The van der Waals surface area contributed by atoms with Crippen molar-refractivity contribution in [2.75, 3.05) is 31.5 Å². The Hall–Kier alpha value is -2.37. The van der Waals surface area contributed by atoms with E-state index < -0.39 is 0 Å². The normalized spacial score (nSPS) is 18.0. The van der Waals surface area contributed by atoms with Crippen molar-refractivity contribution in [3.63, 3.8) is 0 Å². The highest BCUT2D eigenvalue weighted by atomic mass is 35.5. The van der Waals surface area contributed by atoms with Crippen LogP contribution in [0.3, 0.4) is 0 Å². The van der Waals surface area contributed by atoms with Gasteiger partial charge in [0.2, 0.25) is 11.8 Å². The Labute approximate surface area is 227 Å². The van der Waals surface area contributed by atoms with Crippen LogP contribution in [0.25, 0.3) is 0 Å². The molecule has 5 nitrogen and oxygen atoms in total. The van der Waals surface area contributed by atoms with Gasteiger partial charge in [0.05, 0.1) is 0 Å². The van der Waals surface area contributed by atoms with Crippen LogP contribution in [0.2, 0.25) is 5.02 Å². The number of halogens is 1. The molecule has 4 rings (SSSR count). The summed E-state index contributed by atoms with van der Waals surface area (Å²) < 4.78 is 0. The fraction of sp³-hybridized carbons (Fsp3) is 0.548. The molecule has 2 amide bonds. The zero-order valence-corrected chi connectivity index (χ0v) is 23.0. The topological polar surface area (TPSA) is 61.4 Å². The molecule has 200 valence electrons. The van der Waals surface area contributed by atoms with Crippen LogP contribution in [0.15, 0.2) is 48.5 Å². The van der Waals surface area contributed by atoms with E-state index in [4.69, 9.17) is 11.6 Å². The number of nitrogens with zero attached hydrogens (tertiary/aromatic N) is 1. The number of anilines is 1. The summed E-state index contributed by atoms with van der Waals surface area (Å²) in [7, 11) is 0. The quantitative estimate of drug-likeness (QED) is 0.323. The zero-order valence-electron chi connectivity index (χ0n) is 22.2. The van der Waals surface area contributed by atoms with Crippen LogP contribution in [0.1, 0.15) is 88.2 Å². The molecule has 1 saturated heterocycles. The number of amides is 2. The number of hydrogen-bond donors (Lipinski definition) is 2. The monoisotopic (exact) mass is 523 g/mol. The molecule has 0 bridgehead atoms. The van der Waals surface area contributed by atoms with Crippen molar-refractivity contribution in [3.05, 3.63) is 64.7 Å². The Balaban J connectivity index is 1.17. The fourth-order valence-electron chi connectivity index (χ4n) is 6.13. The van der Waals surface area contributed by atoms with Crippen LogP contribution in [0.4, 0.5) is 5.69 Å². The average Bonchev–Trinajstić information content (AvgIpc) is 3.37. The lowest BCUT2D eigenvalue weighted by molar-refractivity contribution is -0.122. The second-order valence-electron chi connectivity index (χ2n) is 10.9. The van der Waals surface area contributed by atoms with Crippen molar-refractivity contribution in [1.82, 2.24) is 10.2 Å². The molecule has 0 radical (unpaired) electrons. The number of hydrogen-bond acceptors (Lipinski definition) is 3. The standard InChI is InChI=1S/C31H42ClN3O2/c1-2-7-29(36)34-28-9-5-8-25(22-28)24-14-20-35(21-15-24)19-6-18-33-30(37)23-31(16-3-4-17-31)26-10-12-27(32)13-11-26/h5,8-13,22,24H,2-4,6-7,14-21,23H2,1H3,(H,33,37)(H,34,36). The molecular weight excluding hydrogens is 482 g/mol. The molecule has 2 aromatic carbocycles. The van der Waals surface area contributed by atoms with Crippen molar-refractivity contribution in [1.29, 1.82) is 0 Å². The molecule has 1 saturated carbocycles.